The van der Waals surface area contributed by atoms with E-state index in [1.807, 2.05) is 47.3 Å². The maximum Gasteiger partial charge on any atom is 0.191 e. The van der Waals surface area contributed by atoms with Crippen molar-refractivity contribution in [3.63, 3.8) is 0 Å². The Balaban J connectivity index is 1.82. The number of hydrogen-bond donors (Lipinski definition) is 0. The fraction of sp³-hybridized carbons (Fsp3) is 0.100. The number of imidazole rings is 1. The predicted molar refractivity (Wildman–Crippen MR) is 106 cm³/mol. The minimum Gasteiger partial charge on any atom is -0.327 e. The van der Waals surface area contributed by atoms with Gasteiger partial charge < -0.3 is 4.57 Å². The van der Waals surface area contributed by atoms with Gasteiger partial charge in [0.1, 0.15) is 5.65 Å². The highest BCUT2D eigenvalue weighted by molar-refractivity contribution is 6.35. The van der Waals surface area contributed by atoms with Gasteiger partial charge in [-0.1, -0.05) is 41.4 Å². The van der Waals surface area contributed by atoms with Gasteiger partial charge in [-0.2, -0.15) is 5.10 Å². The molecule has 0 spiro atoms. The van der Waals surface area contributed by atoms with Gasteiger partial charge in [0.2, 0.25) is 0 Å². The molecule has 0 fully saturated rings. The SMILES string of the molecule is Cc1nn2c3ccccc3n(C)c2c1C(=O)/C=C/c1ccc(Cl)cc1Cl. The van der Waals surface area contributed by atoms with E-state index in [-0.39, 0.29) is 5.78 Å². The number of ketones is 1. The average Bonchev–Trinajstić information content (AvgIpc) is 3.09. The maximum absolute atomic E-state index is 12.9. The summed E-state index contributed by atoms with van der Waals surface area (Å²) in [5.74, 6) is -0.116. The van der Waals surface area contributed by atoms with E-state index in [9.17, 15) is 4.79 Å². The zero-order valence-corrected chi connectivity index (χ0v) is 15.7. The lowest BCUT2D eigenvalue weighted by atomic mass is 10.1. The topological polar surface area (TPSA) is 39.3 Å². The van der Waals surface area contributed by atoms with Crippen LogP contribution >= 0.6 is 23.2 Å². The van der Waals surface area contributed by atoms with Crippen molar-refractivity contribution in [3.8, 4) is 0 Å². The summed E-state index contributed by atoms with van der Waals surface area (Å²) >= 11 is 12.1. The van der Waals surface area contributed by atoms with Crippen LogP contribution < -0.4 is 0 Å². The monoisotopic (exact) mass is 383 g/mol. The largest absolute Gasteiger partial charge is 0.327 e. The van der Waals surface area contributed by atoms with Gasteiger partial charge in [0, 0.05) is 17.1 Å². The first-order valence-electron chi connectivity index (χ1n) is 8.07. The van der Waals surface area contributed by atoms with Crippen LogP contribution in [0.1, 0.15) is 21.6 Å². The Bertz CT molecular complexity index is 1200. The summed E-state index contributed by atoms with van der Waals surface area (Å²) < 4.78 is 3.81. The molecule has 4 rings (SSSR count). The lowest BCUT2D eigenvalue weighted by molar-refractivity contribution is 0.104. The molecule has 0 atom stereocenters. The summed E-state index contributed by atoms with van der Waals surface area (Å²) in [6, 6.07) is 13.1. The number of rotatable bonds is 3. The number of halogens is 2. The van der Waals surface area contributed by atoms with Gasteiger partial charge in [-0.05, 0) is 48.9 Å². The van der Waals surface area contributed by atoms with E-state index < -0.39 is 0 Å². The molecule has 4 aromatic rings. The maximum atomic E-state index is 12.9. The molecule has 26 heavy (non-hydrogen) atoms. The fourth-order valence-corrected chi connectivity index (χ4v) is 3.68. The highest BCUT2D eigenvalue weighted by atomic mass is 35.5. The van der Waals surface area contributed by atoms with Crippen molar-refractivity contribution < 1.29 is 4.79 Å². The molecule has 130 valence electrons. The van der Waals surface area contributed by atoms with E-state index in [0.717, 1.165) is 22.2 Å². The number of fused-ring (bicyclic) bond motifs is 3. The first kappa shape index (κ1) is 16.9. The van der Waals surface area contributed by atoms with E-state index in [4.69, 9.17) is 23.2 Å². The summed E-state index contributed by atoms with van der Waals surface area (Å²) in [5, 5.41) is 5.63. The smallest absolute Gasteiger partial charge is 0.191 e. The Morgan fingerprint density at radius 2 is 1.85 bits per heavy atom. The lowest BCUT2D eigenvalue weighted by Gasteiger charge is -2.00. The molecular formula is C20H15Cl2N3O. The van der Waals surface area contributed by atoms with Gasteiger partial charge in [0.05, 0.1) is 22.3 Å². The minimum absolute atomic E-state index is 0.116. The van der Waals surface area contributed by atoms with E-state index in [1.165, 1.54) is 6.08 Å². The van der Waals surface area contributed by atoms with Crippen molar-refractivity contribution in [3.05, 3.63) is 75.4 Å². The number of carbonyl (C=O) groups excluding carboxylic acids is 1. The molecule has 0 aliphatic carbocycles. The summed E-state index contributed by atoms with van der Waals surface area (Å²) in [5.41, 5.74) is 4.79. The third-order valence-corrected chi connectivity index (χ3v) is 5.01. The van der Waals surface area contributed by atoms with Crippen molar-refractivity contribution in [2.75, 3.05) is 0 Å². The van der Waals surface area contributed by atoms with Crippen molar-refractivity contribution in [2.24, 2.45) is 7.05 Å². The predicted octanol–water partition coefficient (Wildman–Crippen LogP) is 5.34. The van der Waals surface area contributed by atoms with Crippen molar-refractivity contribution in [2.45, 2.75) is 6.92 Å². The molecule has 0 radical (unpaired) electrons. The van der Waals surface area contributed by atoms with Gasteiger partial charge in [-0.3, -0.25) is 4.79 Å². The fourth-order valence-electron chi connectivity index (χ4n) is 3.21. The first-order chi connectivity index (χ1) is 12.5. The number of benzene rings is 2. The Hall–Kier alpha value is -2.56. The molecule has 4 nitrogen and oxygen atoms in total. The average molecular weight is 384 g/mol. The molecule has 0 bridgehead atoms. The van der Waals surface area contributed by atoms with Crippen molar-refractivity contribution in [1.82, 2.24) is 14.2 Å². The normalized spacial score (nSPS) is 11.8. The van der Waals surface area contributed by atoms with Crippen LogP contribution in [0.3, 0.4) is 0 Å². The van der Waals surface area contributed by atoms with Gasteiger partial charge in [-0.25, -0.2) is 4.52 Å². The molecule has 2 aromatic carbocycles. The third-order valence-electron chi connectivity index (χ3n) is 4.45. The minimum atomic E-state index is -0.116. The quantitative estimate of drug-likeness (QED) is 0.353. The summed E-state index contributed by atoms with van der Waals surface area (Å²) in [7, 11) is 1.94. The second-order valence-corrected chi connectivity index (χ2v) is 6.95. The number of aryl methyl sites for hydroxylation is 2. The molecule has 0 unspecified atom stereocenters. The van der Waals surface area contributed by atoms with E-state index in [1.54, 1.807) is 24.3 Å². The van der Waals surface area contributed by atoms with Crippen LogP contribution in [0.4, 0.5) is 0 Å². The zero-order chi connectivity index (χ0) is 18.4. The number of aromatic nitrogens is 3. The number of hydrogen-bond acceptors (Lipinski definition) is 2. The Kier molecular flexibility index (Phi) is 4.10. The second kappa shape index (κ2) is 6.31. The zero-order valence-electron chi connectivity index (χ0n) is 14.2. The highest BCUT2D eigenvalue weighted by Gasteiger charge is 2.20. The first-order valence-corrected chi connectivity index (χ1v) is 8.83. The van der Waals surface area contributed by atoms with Crippen LogP contribution in [-0.2, 0) is 7.05 Å². The second-order valence-electron chi connectivity index (χ2n) is 6.11. The number of para-hydroxylation sites is 2. The van der Waals surface area contributed by atoms with Gasteiger partial charge >= 0.3 is 0 Å². The molecule has 0 aliphatic rings. The van der Waals surface area contributed by atoms with Crippen LogP contribution in [0.15, 0.2) is 48.5 Å². The Morgan fingerprint density at radius 3 is 2.58 bits per heavy atom. The van der Waals surface area contributed by atoms with Crippen LogP contribution in [-0.4, -0.2) is 20.0 Å². The summed E-state index contributed by atoms with van der Waals surface area (Å²) in [6.45, 7) is 1.85. The summed E-state index contributed by atoms with van der Waals surface area (Å²) in [6.07, 6.45) is 3.23. The highest BCUT2D eigenvalue weighted by Crippen LogP contribution is 2.26. The van der Waals surface area contributed by atoms with Crippen LogP contribution in [0.2, 0.25) is 10.0 Å². The van der Waals surface area contributed by atoms with Crippen molar-refractivity contribution >= 4 is 51.7 Å². The number of nitrogens with zero attached hydrogens (tertiary/aromatic N) is 3. The summed E-state index contributed by atoms with van der Waals surface area (Å²) in [4.78, 5) is 12.9. The van der Waals surface area contributed by atoms with Gasteiger partial charge in [0.15, 0.2) is 5.78 Å². The van der Waals surface area contributed by atoms with E-state index >= 15 is 0 Å². The number of allylic oxidation sites excluding steroid dienone is 1. The molecule has 2 aromatic heterocycles. The molecule has 2 heterocycles. The van der Waals surface area contributed by atoms with Crippen LogP contribution in [0, 0.1) is 6.92 Å². The molecule has 0 saturated heterocycles. The Morgan fingerprint density at radius 1 is 1.12 bits per heavy atom. The standard InChI is InChI=1S/C20H15Cl2N3O/c1-12-19(18(26)10-8-13-7-9-14(21)11-15(13)22)20-24(2)16-5-3-4-6-17(16)25(20)23-12/h3-11H,1-2H3/b10-8+. The Labute approximate surface area is 160 Å². The van der Waals surface area contributed by atoms with E-state index in [2.05, 4.69) is 5.10 Å². The lowest BCUT2D eigenvalue weighted by Crippen LogP contribution is -2.00. The van der Waals surface area contributed by atoms with E-state index in [0.29, 0.717) is 21.3 Å². The number of carbonyl (C=O) groups is 1. The van der Waals surface area contributed by atoms with Crippen LogP contribution in [0.25, 0.3) is 22.8 Å². The van der Waals surface area contributed by atoms with Crippen molar-refractivity contribution in [1.29, 1.82) is 0 Å². The molecule has 0 saturated carbocycles. The van der Waals surface area contributed by atoms with Gasteiger partial charge in [-0.15, -0.1) is 0 Å². The molecule has 6 heteroatoms. The van der Waals surface area contributed by atoms with Crippen LogP contribution in [0.5, 0.6) is 0 Å². The molecular weight excluding hydrogens is 369 g/mol. The molecule has 0 N–H and O–H groups in total. The van der Waals surface area contributed by atoms with Gasteiger partial charge in [0.25, 0.3) is 0 Å². The molecule has 0 amide bonds. The third kappa shape index (κ3) is 2.62. The molecule has 0 aliphatic heterocycles.